The van der Waals surface area contributed by atoms with Gasteiger partial charge in [-0.05, 0) is 30.7 Å². The van der Waals surface area contributed by atoms with Crippen LogP contribution in [-0.4, -0.2) is 0 Å². The Balaban J connectivity index is 1.97. The van der Waals surface area contributed by atoms with Gasteiger partial charge in [0.1, 0.15) is 0 Å². The number of aryl methyl sites for hydroxylation is 1. The van der Waals surface area contributed by atoms with E-state index in [1.165, 1.54) is 11.1 Å². The third kappa shape index (κ3) is 3.63. The zero-order valence-corrected chi connectivity index (χ0v) is 10.6. The summed E-state index contributed by atoms with van der Waals surface area (Å²) in [7, 11) is 0. The van der Waals surface area contributed by atoms with Gasteiger partial charge in [0, 0.05) is 11.4 Å². The molecule has 0 bridgehead atoms. The summed E-state index contributed by atoms with van der Waals surface area (Å²) in [5.41, 5.74) is 4.36. The molecule has 2 aromatic rings. The Morgan fingerprint density at radius 3 is 2.33 bits per heavy atom. The van der Waals surface area contributed by atoms with Gasteiger partial charge in [-0.2, -0.15) is 0 Å². The molecule has 0 saturated carbocycles. The second-order valence-corrected chi connectivity index (χ2v) is 4.26. The van der Waals surface area contributed by atoms with Gasteiger partial charge in [0.15, 0.2) is 0 Å². The molecule has 1 heteroatoms. The number of anilines is 1. The van der Waals surface area contributed by atoms with E-state index in [-0.39, 0.29) is 0 Å². The van der Waals surface area contributed by atoms with Crippen molar-refractivity contribution in [3.8, 4) is 0 Å². The zero-order chi connectivity index (χ0) is 12.8. The topological polar surface area (TPSA) is 12.0 Å². The standard InChI is InChI=1S/C17H17N/c1-14-8-12-17(13-9-14)18-15(2)10-11-16-6-4-3-5-7-16/h3-13,18H,2H2,1H3/b11-10+. The molecule has 2 aromatic carbocycles. The zero-order valence-electron chi connectivity index (χ0n) is 10.6. The molecule has 0 saturated heterocycles. The van der Waals surface area contributed by atoms with Gasteiger partial charge in [-0.3, -0.25) is 0 Å². The smallest absolute Gasteiger partial charge is 0.0384 e. The van der Waals surface area contributed by atoms with Crippen molar-refractivity contribution in [3.63, 3.8) is 0 Å². The summed E-state index contributed by atoms with van der Waals surface area (Å²) >= 11 is 0. The van der Waals surface area contributed by atoms with Gasteiger partial charge in [0.05, 0.1) is 0 Å². The number of nitrogens with one attached hydrogen (secondary N) is 1. The third-order valence-electron chi connectivity index (χ3n) is 2.63. The second-order valence-electron chi connectivity index (χ2n) is 4.26. The van der Waals surface area contributed by atoms with Crippen LogP contribution in [0.3, 0.4) is 0 Å². The molecule has 1 nitrogen and oxygen atoms in total. The highest BCUT2D eigenvalue weighted by Crippen LogP contribution is 2.12. The van der Waals surface area contributed by atoms with E-state index >= 15 is 0 Å². The van der Waals surface area contributed by atoms with Crippen LogP contribution >= 0.6 is 0 Å². The molecule has 0 atom stereocenters. The van der Waals surface area contributed by atoms with E-state index in [4.69, 9.17) is 0 Å². The minimum Gasteiger partial charge on any atom is -0.356 e. The Kier molecular flexibility index (Phi) is 3.98. The van der Waals surface area contributed by atoms with Crippen LogP contribution in [0.15, 0.2) is 72.9 Å². The van der Waals surface area contributed by atoms with Gasteiger partial charge in [0.25, 0.3) is 0 Å². The maximum absolute atomic E-state index is 3.99. The predicted octanol–water partition coefficient (Wildman–Crippen LogP) is 4.63. The summed E-state index contributed by atoms with van der Waals surface area (Å²) in [6.07, 6.45) is 4.03. The highest BCUT2D eigenvalue weighted by Gasteiger charge is 1.92. The number of hydrogen-bond acceptors (Lipinski definition) is 1. The van der Waals surface area contributed by atoms with Crippen molar-refractivity contribution in [2.24, 2.45) is 0 Å². The number of hydrogen-bond donors (Lipinski definition) is 1. The lowest BCUT2D eigenvalue weighted by molar-refractivity contribution is 1.44. The van der Waals surface area contributed by atoms with Crippen molar-refractivity contribution >= 4 is 11.8 Å². The van der Waals surface area contributed by atoms with Crippen molar-refractivity contribution in [3.05, 3.63) is 84.1 Å². The lowest BCUT2D eigenvalue weighted by Gasteiger charge is -2.05. The minimum absolute atomic E-state index is 0.878. The first kappa shape index (κ1) is 12.2. The fourth-order valence-corrected chi connectivity index (χ4v) is 1.62. The van der Waals surface area contributed by atoms with E-state index in [2.05, 4.69) is 55.2 Å². The third-order valence-corrected chi connectivity index (χ3v) is 2.63. The normalized spacial score (nSPS) is 10.5. The Morgan fingerprint density at radius 1 is 1.00 bits per heavy atom. The molecule has 0 radical (unpaired) electrons. The quantitative estimate of drug-likeness (QED) is 0.761. The average Bonchev–Trinajstić information content (AvgIpc) is 2.40. The molecule has 0 heterocycles. The average molecular weight is 235 g/mol. The van der Waals surface area contributed by atoms with Crippen LogP contribution < -0.4 is 5.32 Å². The Labute approximate surface area is 108 Å². The first-order valence-electron chi connectivity index (χ1n) is 6.00. The fraction of sp³-hybridized carbons (Fsp3) is 0.0588. The van der Waals surface area contributed by atoms with Gasteiger partial charge < -0.3 is 5.32 Å². The molecule has 0 aromatic heterocycles. The molecule has 0 unspecified atom stereocenters. The summed E-state index contributed by atoms with van der Waals surface area (Å²) in [5, 5.41) is 3.26. The maximum Gasteiger partial charge on any atom is 0.0384 e. The lowest BCUT2D eigenvalue weighted by atomic mass is 10.2. The van der Waals surface area contributed by atoms with Crippen molar-refractivity contribution in [1.82, 2.24) is 0 Å². The molecule has 2 rings (SSSR count). The Morgan fingerprint density at radius 2 is 1.67 bits per heavy atom. The first-order valence-corrected chi connectivity index (χ1v) is 6.00. The van der Waals surface area contributed by atoms with Crippen molar-refractivity contribution in [1.29, 1.82) is 0 Å². The molecule has 0 spiro atoms. The highest BCUT2D eigenvalue weighted by molar-refractivity contribution is 5.57. The molecule has 0 fully saturated rings. The lowest BCUT2D eigenvalue weighted by Crippen LogP contribution is -1.94. The van der Waals surface area contributed by atoms with Crippen LogP contribution in [-0.2, 0) is 0 Å². The molecule has 90 valence electrons. The van der Waals surface area contributed by atoms with Crippen LogP contribution in [0.25, 0.3) is 6.08 Å². The summed E-state index contributed by atoms with van der Waals surface area (Å²) in [6, 6.07) is 18.5. The summed E-state index contributed by atoms with van der Waals surface area (Å²) in [6.45, 7) is 6.07. The number of allylic oxidation sites excluding steroid dienone is 1. The first-order chi connectivity index (χ1) is 8.74. The monoisotopic (exact) mass is 235 g/mol. The summed E-state index contributed by atoms with van der Waals surface area (Å²) in [5.74, 6) is 0. The molecule has 18 heavy (non-hydrogen) atoms. The van der Waals surface area contributed by atoms with Crippen LogP contribution in [0.2, 0.25) is 0 Å². The molecule has 0 aliphatic heterocycles. The number of benzene rings is 2. The van der Waals surface area contributed by atoms with Crippen molar-refractivity contribution in [2.75, 3.05) is 5.32 Å². The van der Waals surface area contributed by atoms with Crippen LogP contribution in [0.4, 0.5) is 5.69 Å². The van der Waals surface area contributed by atoms with E-state index in [0.29, 0.717) is 0 Å². The van der Waals surface area contributed by atoms with Gasteiger partial charge in [-0.15, -0.1) is 0 Å². The van der Waals surface area contributed by atoms with Crippen LogP contribution in [0.1, 0.15) is 11.1 Å². The Hall–Kier alpha value is -2.28. The molecule has 0 amide bonds. The molecular formula is C17H17N. The van der Waals surface area contributed by atoms with E-state index in [0.717, 1.165) is 11.4 Å². The van der Waals surface area contributed by atoms with E-state index < -0.39 is 0 Å². The van der Waals surface area contributed by atoms with Crippen molar-refractivity contribution in [2.45, 2.75) is 6.92 Å². The van der Waals surface area contributed by atoms with Gasteiger partial charge >= 0.3 is 0 Å². The summed E-state index contributed by atoms with van der Waals surface area (Å²) < 4.78 is 0. The van der Waals surface area contributed by atoms with Gasteiger partial charge in [0.2, 0.25) is 0 Å². The minimum atomic E-state index is 0.878. The fourth-order valence-electron chi connectivity index (χ4n) is 1.62. The molecule has 0 aliphatic carbocycles. The molecular weight excluding hydrogens is 218 g/mol. The predicted molar refractivity (Wildman–Crippen MR) is 79.4 cm³/mol. The molecule has 0 aliphatic rings. The van der Waals surface area contributed by atoms with E-state index in [1.807, 2.05) is 30.4 Å². The van der Waals surface area contributed by atoms with Crippen LogP contribution in [0.5, 0.6) is 0 Å². The summed E-state index contributed by atoms with van der Waals surface area (Å²) in [4.78, 5) is 0. The van der Waals surface area contributed by atoms with Gasteiger partial charge in [-0.1, -0.05) is 60.7 Å². The SMILES string of the molecule is C=C(/C=C/c1ccccc1)Nc1ccc(C)cc1. The van der Waals surface area contributed by atoms with E-state index in [1.54, 1.807) is 0 Å². The Bertz CT molecular complexity index is 536. The molecule has 1 N–H and O–H groups in total. The second kappa shape index (κ2) is 5.87. The van der Waals surface area contributed by atoms with Crippen molar-refractivity contribution < 1.29 is 0 Å². The van der Waals surface area contributed by atoms with Gasteiger partial charge in [-0.25, -0.2) is 0 Å². The maximum atomic E-state index is 3.99. The highest BCUT2D eigenvalue weighted by atomic mass is 14.9. The van der Waals surface area contributed by atoms with Crippen LogP contribution in [0, 0.1) is 6.92 Å². The number of rotatable bonds is 4. The van der Waals surface area contributed by atoms with E-state index in [9.17, 15) is 0 Å². The largest absolute Gasteiger partial charge is 0.356 e.